The summed E-state index contributed by atoms with van der Waals surface area (Å²) in [5, 5.41) is 18.3. The van der Waals surface area contributed by atoms with Crippen LogP contribution in [0.25, 0.3) is 0 Å². The van der Waals surface area contributed by atoms with Gasteiger partial charge in [0.25, 0.3) is 0 Å². The molecule has 260 valence electrons. The summed E-state index contributed by atoms with van der Waals surface area (Å²) in [5.74, 6) is 0.941. The number of hydrogen-bond acceptors (Lipinski definition) is 11. The van der Waals surface area contributed by atoms with E-state index in [0.717, 1.165) is 6.08 Å². The molecule has 0 saturated carbocycles. The fourth-order valence-electron chi connectivity index (χ4n) is 4.49. The molecule has 0 aliphatic heterocycles. The Hall–Kier alpha value is -5.59. The molecule has 0 aliphatic carbocycles. The SMILES string of the molecule is C=CC(=O)OCCCCOc1ccc(C(=O)Oc2ccc(OC(=O)c3ccc(OCCCOc4ccc(B(O)O)cc4)cc3)c(C)c2C)cc1. The Morgan fingerprint density at radius 1 is 0.600 bits per heavy atom. The van der Waals surface area contributed by atoms with Gasteiger partial charge in [-0.25, -0.2) is 14.4 Å². The van der Waals surface area contributed by atoms with E-state index in [0.29, 0.717) is 102 Å². The van der Waals surface area contributed by atoms with Gasteiger partial charge in [0, 0.05) is 12.5 Å². The molecule has 0 spiro atoms. The Bertz CT molecular complexity index is 1730. The van der Waals surface area contributed by atoms with Crippen LogP contribution in [0.15, 0.2) is 97.6 Å². The third-order valence-electron chi connectivity index (χ3n) is 7.50. The van der Waals surface area contributed by atoms with Gasteiger partial charge in [-0.2, -0.15) is 0 Å². The normalized spacial score (nSPS) is 10.5. The quantitative estimate of drug-likeness (QED) is 0.0472. The van der Waals surface area contributed by atoms with Crippen LogP contribution in [0.1, 0.15) is 51.1 Å². The smallest absolute Gasteiger partial charge is 0.488 e. The summed E-state index contributed by atoms with van der Waals surface area (Å²) in [4.78, 5) is 36.8. The lowest BCUT2D eigenvalue weighted by Crippen LogP contribution is -2.29. The van der Waals surface area contributed by atoms with Crippen molar-refractivity contribution in [1.82, 2.24) is 0 Å². The number of unbranched alkanes of at least 4 members (excludes halogenated alkanes) is 1. The van der Waals surface area contributed by atoms with Crippen molar-refractivity contribution in [2.75, 3.05) is 26.4 Å². The molecule has 0 unspecified atom stereocenters. The van der Waals surface area contributed by atoms with Gasteiger partial charge in [0.2, 0.25) is 0 Å². The van der Waals surface area contributed by atoms with Crippen molar-refractivity contribution in [2.24, 2.45) is 0 Å². The van der Waals surface area contributed by atoms with Crippen molar-refractivity contribution in [3.05, 3.63) is 120 Å². The van der Waals surface area contributed by atoms with Gasteiger partial charge in [-0.05, 0) is 116 Å². The lowest BCUT2D eigenvalue weighted by Gasteiger charge is -2.14. The van der Waals surface area contributed by atoms with Gasteiger partial charge in [0.05, 0.1) is 37.6 Å². The van der Waals surface area contributed by atoms with Crippen LogP contribution in [0.3, 0.4) is 0 Å². The first-order chi connectivity index (χ1) is 24.1. The van der Waals surface area contributed by atoms with Gasteiger partial charge in [0.15, 0.2) is 0 Å². The minimum atomic E-state index is -1.52. The minimum Gasteiger partial charge on any atom is -0.494 e. The highest BCUT2D eigenvalue weighted by Gasteiger charge is 2.17. The summed E-state index contributed by atoms with van der Waals surface area (Å²) in [5.41, 5.74) is 2.37. The molecule has 4 aromatic carbocycles. The molecule has 4 aromatic rings. The Kier molecular flexibility index (Phi) is 14.0. The number of hydrogen-bond donors (Lipinski definition) is 2. The first-order valence-electron chi connectivity index (χ1n) is 16.0. The maximum absolute atomic E-state index is 12.9. The Morgan fingerprint density at radius 3 is 1.42 bits per heavy atom. The third kappa shape index (κ3) is 11.3. The van der Waals surface area contributed by atoms with Crippen LogP contribution in [-0.4, -0.2) is 61.5 Å². The zero-order valence-electron chi connectivity index (χ0n) is 28.0. The molecule has 0 aromatic heterocycles. The predicted octanol–water partition coefficient (Wildman–Crippen LogP) is 5.16. The summed E-state index contributed by atoms with van der Waals surface area (Å²) >= 11 is 0. The zero-order chi connectivity index (χ0) is 35.9. The van der Waals surface area contributed by atoms with E-state index in [-0.39, 0.29) is 0 Å². The second-order valence-electron chi connectivity index (χ2n) is 11.1. The van der Waals surface area contributed by atoms with Crippen LogP contribution >= 0.6 is 0 Å². The van der Waals surface area contributed by atoms with Gasteiger partial charge in [-0.15, -0.1) is 0 Å². The summed E-state index contributed by atoms with van der Waals surface area (Å²) in [6.45, 7) is 8.43. The summed E-state index contributed by atoms with van der Waals surface area (Å²) < 4.78 is 33.3. The van der Waals surface area contributed by atoms with E-state index in [4.69, 9.17) is 38.5 Å². The fraction of sp³-hybridized carbons (Fsp3) is 0.237. The van der Waals surface area contributed by atoms with Crippen molar-refractivity contribution in [3.63, 3.8) is 0 Å². The fourth-order valence-corrected chi connectivity index (χ4v) is 4.49. The van der Waals surface area contributed by atoms with E-state index < -0.39 is 25.0 Å². The van der Waals surface area contributed by atoms with Crippen LogP contribution in [-0.2, 0) is 9.53 Å². The van der Waals surface area contributed by atoms with Gasteiger partial charge >= 0.3 is 25.0 Å². The molecule has 0 aliphatic rings. The number of benzene rings is 4. The van der Waals surface area contributed by atoms with Crippen molar-refractivity contribution >= 4 is 30.5 Å². The molecule has 0 radical (unpaired) electrons. The standard InChI is InChI=1S/C38H39BO11/c1-4-36(40)48-23-6-5-22-45-31-14-8-28(9-15-31)37(41)49-34-20-21-35(27(3)26(34)2)50-38(42)29-10-16-32(17-11-29)46-24-7-25-47-33-18-12-30(13-19-33)39(43)44/h4,8-21,43-44H,1,5-7,22-25H2,2-3H3. The van der Waals surface area contributed by atoms with E-state index in [2.05, 4.69) is 6.58 Å². The average Bonchev–Trinajstić information content (AvgIpc) is 3.13. The highest BCUT2D eigenvalue weighted by molar-refractivity contribution is 6.58. The molecular formula is C38H39BO11. The topological polar surface area (TPSA) is 147 Å². The van der Waals surface area contributed by atoms with Gasteiger partial charge < -0.3 is 38.5 Å². The van der Waals surface area contributed by atoms with Crippen LogP contribution in [0.2, 0.25) is 0 Å². The molecule has 0 bridgehead atoms. The van der Waals surface area contributed by atoms with E-state index in [9.17, 15) is 14.4 Å². The molecule has 0 heterocycles. The Balaban J connectivity index is 1.20. The third-order valence-corrected chi connectivity index (χ3v) is 7.50. The predicted molar refractivity (Wildman–Crippen MR) is 186 cm³/mol. The summed E-state index contributed by atoms with van der Waals surface area (Å²) in [7, 11) is -1.52. The molecule has 4 rings (SSSR count). The molecule has 0 amide bonds. The molecule has 50 heavy (non-hydrogen) atoms. The molecule has 0 saturated heterocycles. The largest absolute Gasteiger partial charge is 0.494 e. The molecule has 11 nitrogen and oxygen atoms in total. The monoisotopic (exact) mass is 682 g/mol. The molecule has 12 heteroatoms. The first kappa shape index (κ1) is 37.2. The van der Waals surface area contributed by atoms with Crippen molar-refractivity contribution in [3.8, 4) is 28.7 Å². The number of carbonyl (C=O) groups is 3. The highest BCUT2D eigenvalue weighted by Crippen LogP contribution is 2.30. The molecular weight excluding hydrogens is 643 g/mol. The van der Waals surface area contributed by atoms with Gasteiger partial charge in [-0.1, -0.05) is 18.7 Å². The van der Waals surface area contributed by atoms with Crippen LogP contribution in [0, 0.1) is 13.8 Å². The van der Waals surface area contributed by atoms with Crippen molar-refractivity contribution < 1.29 is 52.9 Å². The lowest BCUT2D eigenvalue weighted by molar-refractivity contribution is -0.137. The molecule has 2 N–H and O–H groups in total. The van der Waals surface area contributed by atoms with Gasteiger partial charge in [-0.3, -0.25) is 0 Å². The average molecular weight is 683 g/mol. The number of carbonyl (C=O) groups excluding carboxylic acids is 3. The van der Waals surface area contributed by atoms with Crippen molar-refractivity contribution in [1.29, 1.82) is 0 Å². The number of esters is 3. The summed E-state index contributed by atoms with van der Waals surface area (Å²) in [6.07, 6.45) is 3.08. The van der Waals surface area contributed by atoms with E-state index in [1.807, 2.05) is 0 Å². The minimum absolute atomic E-state index is 0.296. The second-order valence-corrected chi connectivity index (χ2v) is 11.1. The van der Waals surface area contributed by atoms with E-state index in [1.165, 1.54) is 0 Å². The molecule has 0 fully saturated rings. The molecule has 0 atom stereocenters. The Labute approximate surface area is 291 Å². The maximum Gasteiger partial charge on any atom is 0.488 e. The number of rotatable bonds is 18. The van der Waals surface area contributed by atoms with E-state index in [1.54, 1.807) is 98.8 Å². The van der Waals surface area contributed by atoms with Gasteiger partial charge in [0.1, 0.15) is 28.7 Å². The Morgan fingerprint density at radius 2 is 1.00 bits per heavy atom. The maximum atomic E-state index is 12.9. The number of ether oxygens (including phenoxy) is 6. The highest BCUT2D eigenvalue weighted by atomic mass is 16.5. The second kappa shape index (κ2) is 18.8. The van der Waals surface area contributed by atoms with E-state index >= 15 is 0 Å². The van der Waals surface area contributed by atoms with Crippen LogP contribution < -0.4 is 29.1 Å². The lowest BCUT2D eigenvalue weighted by atomic mass is 9.80. The van der Waals surface area contributed by atoms with Crippen LogP contribution in [0.4, 0.5) is 0 Å². The summed E-state index contributed by atoms with van der Waals surface area (Å²) in [6, 6.07) is 22.8. The van der Waals surface area contributed by atoms with Crippen LogP contribution in [0.5, 0.6) is 28.7 Å². The zero-order valence-corrected chi connectivity index (χ0v) is 28.0. The van der Waals surface area contributed by atoms with Crippen molar-refractivity contribution in [2.45, 2.75) is 33.1 Å². The first-order valence-corrected chi connectivity index (χ1v) is 16.0.